The molecule has 0 bridgehead atoms. The van der Waals surface area contributed by atoms with Crippen LogP contribution in [0.25, 0.3) is 0 Å². The van der Waals surface area contributed by atoms with E-state index in [1.54, 1.807) is 7.11 Å². The largest absolute Gasteiger partial charge is 0.497 e. The average Bonchev–Trinajstić information content (AvgIpc) is 2.18. The van der Waals surface area contributed by atoms with Crippen molar-refractivity contribution >= 4 is 0 Å². The highest BCUT2D eigenvalue weighted by atomic mass is 16.5. The highest BCUT2D eigenvalue weighted by Gasteiger charge is 2.06. The third-order valence-corrected chi connectivity index (χ3v) is 1.88. The van der Waals surface area contributed by atoms with Crippen molar-refractivity contribution in [2.75, 3.05) is 20.7 Å². The lowest BCUT2D eigenvalue weighted by Crippen LogP contribution is -2.16. The van der Waals surface area contributed by atoms with Gasteiger partial charge in [-0.2, -0.15) is 0 Å². The Kier molecular flexibility index (Phi) is 3.73. The number of rotatable bonds is 4. The van der Waals surface area contributed by atoms with Crippen LogP contribution in [0.3, 0.4) is 0 Å². The van der Waals surface area contributed by atoms with Crippen molar-refractivity contribution in [3.8, 4) is 5.75 Å². The molecule has 2 N–H and O–H groups in total. The van der Waals surface area contributed by atoms with E-state index in [-0.39, 0.29) is 0 Å². The first-order valence-electron chi connectivity index (χ1n) is 4.24. The zero-order chi connectivity index (χ0) is 9.68. The van der Waals surface area contributed by atoms with Crippen LogP contribution in [0.2, 0.25) is 0 Å². The van der Waals surface area contributed by atoms with E-state index in [9.17, 15) is 5.11 Å². The molecule has 0 fully saturated rings. The Morgan fingerprint density at radius 1 is 1.54 bits per heavy atom. The number of ether oxygens (including phenoxy) is 1. The maximum Gasteiger partial charge on any atom is 0.119 e. The number of likely N-dealkylation sites (N-methyl/N-ethyl adjacent to an activating group) is 1. The topological polar surface area (TPSA) is 41.5 Å². The Morgan fingerprint density at radius 3 is 2.92 bits per heavy atom. The zero-order valence-electron chi connectivity index (χ0n) is 7.95. The average molecular weight is 181 g/mol. The lowest BCUT2D eigenvalue weighted by Gasteiger charge is -2.10. The van der Waals surface area contributed by atoms with E-state index in [1.165, 1.54) is 0 Å². The molecule has 0 saturated heterocycles. The summed E-state index contributed by atoms with van der Waals surface area (Å²) in [5.74, 6) is 0.771. The van der Waals surface area contributed by atoms with Crippen LogP contribution in [-0.4, -0.2) is 25.8 Å². The summed E-state index contributed by atoms with van der Waals surface area (Å²) < 4.78 is 5.05. The van der Waals surface area contributed by atoms with Gasteiger partial charge in [-0.05, 0) is 24.7 Å². The summed E-state index contributed by atoms with van der Waals surface area (Å²) >= 11 is 0. The van der Waals surface area contributed by atoms with Crippen LogP contribution in [0.5, 0.6) is 5.75 Å². The number of benzene rings is 1. The van der Waals surface area contributed by atoms with E-state index in [0.29, 0.717) is 6.54 Å². The minimum absolute atomic E-state index is 0.472. The molecule has 0 aromatic heterocycles. The second-order valence-corrected chi connectivity index (χ2v) is 2.85. The quantitative estimate of drug-likeness (QED) is 0.726. The summed E-state index contributed by atoms with van der Waals surface area (Å²) in [5.41, 5.74) is 0.869. The predicted octanol–water partition coefficient (Wildman–Crippen LogP) is 0.948. The van der Waals surface area contributed by atoms with Gasteiger partial charge in [0.15, 0.2) is 0 Å². The summed E-state index contributed by atoms with van der Waals surface area (Å²) in [6, 6.07) is 7.44. The van der Waals surface area contributed by atoms with Gasteiger partial charge in [-0.3, -0.25) is 0 Å². The first-order chi connectivity index (χ1) is 6.27. The highest BCUT2D eigenvalue weighted by molar-refractivity contribution is 5.29. The second kappa shape index (κ2) is 4.84. The van der Waals surface area contributed by atoms with Gasteiger partial charge < -0.3 is 15.2 Å². The van der Waals surface area contributed by atoms with Crippen molar-refractivity contribution in [3.05, 3.63) is 29.8 Å². The molecular weight excluding hydrogens is 166 g/mol. The second-order valence-electron chi connectivity index (χ2n) is 2.85. The van der Waals surface area contributed by atoms with Crippen molar-refractivity contribution in [2.45, 2.75) is 6.10 Å². The van der Waals surface area contributed by atoms with Gasteiger partial charge in [0.1, 0.15) is 5.75 Å². The molecule has 0 aliphatic rings. The minimum atomic E-state index is -0.472. The first kappa shape index (κ1) is 10.0. The van der Waals surface area contributed by atoms with Crippen molar-refractivity contribution < 1.29 is 9.84 Å². The maximum atomic E-state index is 9.62. The normalized spacial score (nSPS) is 12.5. The summed E-state index contributed by atoms with van der Waals surface area (Å²) in [7, 11) is 3.42. The van der Waals surface area contributed by atoms with Crippen LogP contribution in [0, 0.1) is 0 Å². The molecule has 3 heteroatoms. The smallest absolute Gasteiger partial charge is 0.119 e. The summed E-state index contributed by atoms with van der Waals surface area (Å²) in [6.07, 6.45) is -0.472. The molecule has 0 aliphatic carbocycles. The van der Waals surface area contributed by atoms with Gasteiger partial charge in [0.2, 0.25) is 0 Å². The van der Waals surface area contributed by atoms with Gasteiger partial charge in [-0.15, -0.1) is 0 Å². The summed E-state index contributed by atoms with van der Waals surface area (Å²) in [6.45, 7) is 0.549. The molecule has 1 aromatic rings. The molecule has 3 nitrogen and oxygen atoms in total. The number of hydrogen-bond acceptors (Lipinski definition) is 3. The molecular formula is C10H15NO2. The van der Waals surface area contributed by atoms with Crippen LogP contribution >= 0.6 is 0 Å². The standard InChI is InChI=1S/C10H15NO2/c1-11-7-10(12)8-4-3-5-9(6-8)13-2/h3-6,10-12H,7H2,1-2H3/t10-/m1/s1. The number of aliphatic hydroxyl groups is 1. The van der Waals surface area contributed by atoms with Gasteiger partial charge in [0.05, 0.1) is 13.2 Å². The van der Waals surface area contributed by atoms with Gasteiger partial charge in [-0.1, -0.05) is 12.1 Å². The number of methoxy groups -OCH3 is 1. The minimum Gasteiger partial charge on any atom is -0.497 e. The van der Waals surface area contributed by atoms with Gasteiger partial charge in [0.25, 0.3) is 0 Å². The van der Waals surface area contributed by atoms with Crippen LogP contribution in [-0.2, 0) is 0 Å². The van der Waals surface area contributed by atoms with Gasteiger partial charge >= 0.3 is 0 Å². The molecule has 13 heavy (non-hydrogen) atoms. The van der Waals surface area contributed by atoms with E-state index in [0.717, 1.165) is 11.3 Å². The lowest BCUT2D eigenvalue weighted by atomic mass is 10.1. The molecule has 0 saturated carbocycles. The molecule has 72 valence electrons. The third kappa shape index (κ3) is 2.72. The van der Waals surface area contributed by atoms with Crippen molar-refractivity contribution in [2.24, 2.45) is 0 Å². The molecule has 0 spiro atoms. The zero-order valence-corrected chi connectivity index (χ0v) is 7.95. The Morgan fingerprint density at radius 2 is 2.31 bits per heavy atom. The molecule has 0 unspecified atom stereocenters. The van der Waals surface area contributed by atoms with E-state index >= 15 is 0 Å². The molecule has 0 heterocycles. The number of hydrogen-bond donors (Lipinski definition) is 2. The van der Waals surface area contributed by atoms with Crippen molar-refractivity contribution in [1.29, 1.82) is 0 Å². The van der Waals surface area contributed by atoms with Gasteiger partial charge in [0, 0.05) is 6.54 Å². The number of nitrogens with one attached hydrogen (secondary N) is 1. The fourth-order valence-corrected chi connectivity index (χ4v) is 1.16. The van der Waals surface area contributed by atoms with Crippen molar-refractivity contribution in [1.82, 2.24) is 5.32 Å². The van der Waals surface area contributed by atoms with Crippen LogP contribution in [0.1, 0.15) is 11.7 Å². The van der Waals surface area contributed by atoms with E-state index in [1.807, 2.05) is 31.3 Å². The summed E-state index contributed by atoms with van der Waals surface area (Å²) in [4.78, 5) is 0. The molecule has 0 radical (unpaired) electrons. The van der Waals surface area contributed by atoms with Crippen molar-refractivity contribution in [3.63, 3.8) is 0 Å². The Labute approximate surface area is 78.3 Å². The first-order valence-corrected chi connectivity index (χ1v) is 4.24. The third-order valence-electron chi connectivity index (χ3n) is 1.88. The molecule has 0 amide bonds. The monoisotopic (exact) mass is 181 g/mol. The summed E-state index contributed by atoms with van der Waals surface area (Å²) in [5, 5.41) is 12.5. The van der Waals surface area contributed by atoms with Crippen LogP contribution in [0.15, 0.2) is 24.3 Å². The van der Waals surface area contributed by atoms with Crippen LogP contribution in [0.4, 0.5) is 0 Å². The fourth-order valence-electron chi connectivity index (χ4n) is 1.16. The number of aliphatic hydroxyl groups excluding tert-OH is 1. The Balaban J connectivity index is 2.75. The van der Waals surface area contributed by atoms with E-state index in [4.69, 9.17) is 4.74 Å². The molecule has 1 atom stereocenters. The lowest BCUT2D eigenvalue weighted by molar-refractivity contribution is 0.177. The molecule has 1 rings (SSSR count). The Hall–Kier alpha value is -1.06. The van der Waals surface area contributed by atoms with Crippen LogP contribution < -0.4 is 10.1 Å². The molecule has 0 aliphatic heterocycles. The molecule has 1 aromatic carbocycles. The predicted molar refractivity (Wildman–Crippen MR) is 51.9 cm³/mol. The fraction of sp³-hybridized carbons (Fsp3) is 0.400. The van der Waals surface area contributed by atoms with E-state index < -0.39 is 6.10 Å². The van der Waals surface area contributed by atoms with Gasteiger partial charge in [-0.25, -0.2) is 0 Å². The van der Waals surface area contributed by atoms with E-state index in [2.05, 4.69) is 5.32 Å². The SMILES string of the molecule is CNC[C@@H](O)c1cccc(OC)c1. The maximum absolute atomic E-state index is 9.62. The highest BCUT2D eigenvalue weighted by Crippen LogP contribution is 2.18. The Bertz CT molecular complexity index is 263.